The average molecular weight is 302 g/mol. The Balaban J connectivity index is 1.64. The van der Waals surface area contributed by atoms with E-state index in [0.29, 0.717) is 12.5 Å². The summed E-state index contributed by atoms with van der Waals surface area (Å²) in [6, 6.07) is 0. The minimum Gasteiger partial charge on any atom is -0.396 e. The lowest BCUT2D eigenvalue weighted by atomic mass is 9.53. The molecule has 0 aromatic rings. The Morgan fingerprint density at radius 1 is 1.18 bits per heavy atom. The number of methoxy groups -OCH3 is 1. The summed E-state index contributed by atoms with van der Waals surface area (Å²) in [7, 11) is 1.85. The minimum absolute atomic E-state index is 0.271. The third-order valence-electron chi connectivity index (χ3n) is 7.52. The normalized spacial score (nSPS) is 43.7. The van der Waals surface area contributed by atoms with Crippen molar-refractivity contribution >= 4 is 0 Å². The van der Waals surface area contributed by atoms with Crippen LogP contribution >= 0.6 is 0 Å². The van der Waals surface area contributed by atoms with Crippen molar-refractivity contribution in [2.24, 2.45) is 29.1 Å². The maximum atomic E-state index is 9.91. The van der Waals surface area contributed by atoms with E-state index in [1.807, 2.05) is 7.11 Å². The van der Waals surface area contributed by atoms with Gasteiger partial charge in [-0.05, 0) is 75.0 Å². The van der Waals surface area contributed by atoms with Crippen LogP contribution in [-0.4, -0.2) is 25.4 Å². The van der Waals surface area contributed by atoms with Crippen molar-refractivity contribution < 1.29 is 9.84 Å². The third-order valence-corrected chi connectivity index (χ3v) is 7.52. The van der Waals surface area contributed by atoms with E-state index in [2.05, 4.69) is 12.2 Å². The first-order valence-electron chi connectivity index (χ1n) is 9.25. The van der Waals surface area contributed by atoms with Gasteiger partial charge in [-0.2, -0.15) is 0 Å². The van der Waals surface area contributed by atoms with Gasteiger partial charge in [-0.15, -0.1) is 0 Å². The molecule has 0 saturated heterocycles. The second-order valence-electron chi connectivity index (χ2n) is 8.09. The van der Waals surface area contributed by atoms with E-state index in [1.165, 1.54) is 51.4 Å². The highest BCUT2D eigenvalue weighted by molar-refractivity contribution is 5.30. The lowest BCUT2D eigenvalue weighted by molar-refractivity contribution is -0.0659. The smallest absolute Gasteiger partial charge is 0.0524 e. The van der Waals surface area contributed by atoms with E-state index in [0.717, 1.165) is 24.4 Å². The van der Waals surface area contributed by atoms with Crippen molar-refractivity contribution in [2.75, 3.05) is 20.3 Å². The van der Waals surface area contributed by atoms with Gasteiger partial charge in [0.1, 0.15) is 0 Å². The van der Waals surface area contributed by atoms with Gasteiger partial charge < -0.3 is 9.84 Å². The molecule has 4 rings (SSSR count). The fourth-order valence-electron chi connectivity index (χ4n) is 6.61. The van der Waals surface area contributed by atoms with Gasteiger partial charge in [-0.25, -0.2) is 0 Å². The van der Waals surface area contributed by atoms with Gasteiger partial charge in [0.15, 0.2) is 0 Å². The van der Waals surface area contributed by atoms with Gasteiger partial charge in [0, 0.05) is 19.1 Å². The molecular formula is C20H30O2. The Morgan fingerprint density at radius 2 is 2.05 bits per heavy atom. The van der Waals surface area contributed by atoms with E-state index in [9.17, 15) is 5.11 Å². The summed E-state index contributed by atoms with van der Waals surface area (Å²) in [6.45, 7) is 1.21. The van der Waals surface area contributed by atoms with E-state index >= 15 is 0 Å². The Hall–Kier alpha value is -0.600. The molecule has 22 heavy (non-hydrogen) atoms. The number of aliphatic hydroxyl groups is 1. The second-order valence-corrected chi connectivity index (χ2v) is 8.09. The number of aliphatic hydroxyl groups excluding tert-OH is 1. The molecule has 2 nitrogen and oxygen atoms in total. The summed E-state index contributed by atoms with van der Waals surface area (Å²) < 4.78 is 5.67. The van der Waals surface area contributed by atoms with Crippen LogP contribution in [0.3, 0.4) is 0 Å². The highest BCUT2D eigenvalue weighted by atomic mass is 16.5. The van der Waals surface area contributed by atoms with Crippen molar-refractivity contribution in [3.8, 4) is 0 Å². The molecule has 0 heterocycles. The quantitative estimate of drug-likeness (QED) is 0.795. The molecule has 2 fully saturated rings. The molecule has 0 bridgehead atoms. The van der Waals surface area contributed by atoms with Gasteiger partial charge in [0.2, 0.25) is 0 Å². The maximum Gasteiger partial charge on any atom is 0.0524 e. The second kappa shape index (κ2) is 5.79. The molecule has 0 spiro atoms. The first-order chi connectivity index (χ1) is 10.8. The van der Waals surface area contributed by atoms with Crippen molar-refractivity contribution in [1.82, 2.24) is 0 Å². The first kappa shape index (κ1) is 15.0. The van der Waals surface area contributed by atoms with Crippen molar-refractivity contribution in [3.05, 3.63) is 23.3 Å². The molecule has 2 saturated carbocycles. The van der Waals surface area contributed by atoms with Crippen LogP contribution in [0, 0.1) is 29.1 Å². The van der Waals surface area contributed by atoms with E-state index < -0.39 is 0 Å². The van der Waals surface area contributed by atoms with Crippen LogP contribution in [0.25, 0.3) is 0 Å². The fraction of sp³-hybridized carbons (Fsp3) is 0.800. The summed E-state index contributed by atoms with van der Waals surface area (Å²) in [5.41, 5.74) is 3.84. The number of fused-ring (bicyclic) bond motifs is 4. The number of hydrogen-bond acceptors (Lipinski definition) is 2. The monoisotopic (exact) mass is 302 g/mol. The molecule has 0 aliphatic heterocycles. The summed E-state index contributed by atoms with van der Waals surface area (Å²) in [5, 5.41) is 9.91. The standard InChI is InChI=1S/C20H30O2/c1-22-13-20-11-10-17-16-5-3-2-4-14(16)6-8-18(17)19(20)9-7-15(20)12-21/h2-3,15,17-19,21H,4-13H2,1H3/t15?,17-,18-,19+,20+/m1/s1. The largest absolute Gasteiger partial charge is 0.396 e. The van der Waals surface area contributed by atoms with Gasteiger partial charge in [0.25, 0.3) is 0 Å². The lowest BCUT2D eigenvalue weighted by Crippen LogP contribution is -2.48. The summed E-state index contributed by atoms with van der Waals surface area (Å²) in [4.78, 5) is 0. The number of rotatable bonds is 3. The van der Waals surface area contributed by atoms with Gasteiger partial charge in [-0.1, -0.05) is 23.3 Å². The van der Waals surface area contributed by atoms with Gasteiger partial charge in [-0.3, -0.25) is 0 Å². The number of ether oxygens (including phenoxy) is 1. The zero-order valence-electron chi connectivity index (χ0n) is 13.9. The predicted molar refractivity (Wildman–Crippen MR) is 88.5 cm³/mol. The molecule has 4 aliphatic carbocycles. The molecule has 0 aromatic heterocycles. The van der Waals surface area contributed by atoms with Crippen molar-refractivity contribution in [2.45, 2.75) is 51.4 Å². The summed E-state index contributed by atoms with van der Waals surface area (Å²) in [5.74, 6) is 2.94. The van der Waals surface area contributed by atoms with E-state index in [-0.39, 0.29) is 5.41 Å². The molecule has 2 heteroatoms. The van der Waals surface area contributed by atoms with Crippen LogP contribution in [-0.2, 0) is 4.74 Å². The molecule has 4 aliphatic rings. The highest BCUT2D eigenvalue weighted by Gasteiger charge is 2.57. The molecule has 5 atom stereocenters. The van der Waals surface area contributed by atoms with Crippen LogP contribution in [0.4, 0.5) is 0 Å². The van der Waals surface area contributed by atoms with Crippen molar-refractivity contribution in [1.29, 1.82) is 0 Å². The number of hydrogen-bond donors (Lipinski definition) is 1. The van der Waals surface area contributed by atoms with Crippen LogP contribution in [0.5, 0.6) is 0 Å². The van der Waals surface area contributed by atoms with Crippen LogP contribution in [0.1, 0.15) is 51.4 Å². The molecular weight excluding hydrogens is 272 g/mol. The fourth-order valence-corrected chi connectivity index (χ4v) is 6.61. The zero-order chi connectivity index (χ0) is 15.2. The summed E-state index contributed by atoms with van der Waals surface area (Å²) >= 11 is 0. The molecule has 1 N–H and O–H groups in total. The van der Waals surface area contributed by atoms with E-state index in [1.54, 1.807) is 11.1 Å². The Labute approximate surface area is 134 Å². The minimum atomic E-state index is 0.271. The maximum absolute atomic E-state index is 9.91. The predicted octanol–water partition coefficient (Wildman–Crippen LogP) is 4.10. The van der Waals surface area contributed by atoms with Crippen LogP contribution in [0.2, 0.25) is 0 Å². The zero-order valence-corrected chi connectivity index (χ0v) is 13.9. The molecule has 0 amide bonds. The van der Waals surface area contributed by atoms with Crippen molar-refractivity contribution in [3.63, 3.8) is 0 Å². The third kappa shape index (κ3) is 2.06. The van der Waals surface area contributed by atoms with Crippen LogP contribution < -0.4 is 0 Å². The van der Waals surface area contributed by atoms with Crippen LogP contribution in [0.15, 0.2) is 23.3 Å². The number of allylic oxidation sites excluding steroid dienone is 4. The average Bonchev–Trinajstić information content (AvgIpc) is 2.93. The topological polar surface area (TPSA) is 29.5 Å². The summed E-state index contributed by atoms with van der Waals surface area (Å²) in [6.07, 6.45) is 15.0. The molecule has 1 unspecified atom stereocenters. The molecule has 0 radical (unpaired) electrons. The molecule has 122 valence electrons. The lowest BCUT2D eigenvalue weighted by Gasteiger charge is -2.53. The SMILES string of the molecule is COC[C@]12CC[C@@H]3C4=C(CC=CC4)CC[C@H]3[C@@H]1CCC2CO. The highest BCUT2D eigenvalue weighted by Crippen LogP contribution is 2.63. The Bertz CT molecular complexity index is 492. The van der Waals surface area contributed by atoms with E-state index in [4.69, 9.17) is 4.74 Å². The Morgan fingerprint density at radius 3 is 2.86 bits per heavy atom. The molecule has 0 aromatic carbocycles. The first-order valence-corrected chi connectivity index (χ1v) is 9.25. The Kier molecular flexibility index (Phi) is 3.94. The van der Waals surface area contributed by atoms with Gasteiger partial charge in [0.05, 0.1) is 6.61 Å². The van der Waals surface area contributed by atoms with Gasteiger partial charge >= 0.3 is 0 Å².